The van der Waals surface area contributed by atoms with Crippen LogP contribution in [-0.2, 0) is 6.42 Å². The van der Waals surface area contributed by atoms with Gasteiger partial charge in [-0.3, -0.25) is 13.6 Å². The Bertz CT molecular complexity index is 1000. The normalized spacial score (nSPS) is 14.9. The molecule has 10 heteroatoms. The summed E-state index contributed by atoms with van der Waals surface area (Å²) >= 11 is 7.87. The molecule has 0 atom stereocenters. The summed E-state index contributed by atoms with van der Waals surface area (Å²) in [6.45, 7) is 18.3. The van der Waals surface area contributed by atoms with E-state index >= 15 is 0 Å². The van der Waals surface area contributed by atoms with Crippen LogP contribution in [0.5, 0.6) is 0 Å². The number of allylic oxidation sites excluding steroid dienone is 2. The standard InChI is InChI=1S/C29H48BF2N3S4/c1-9-25-21(5)27(33-23(25)7)29(28-22(6)26(10-2)24(8)35(28)30(31)32)34(13-15-38-19-17-36-11-3)14-16-39-20-18-37-12-4/h9-20H2,1-8H3/b29-27+. The maximum Gasteiger partial charge on any atom is 0.677 e. The molecule has 2 rings (SSSR count). The van der Waals surface area contributed by atoms with Crippen molar-refractivity contribution in [1.82, 2.24) is 9.38 Å². The van der Waals surface area contributed by atoms with Crippen molar-refractivity contribution in [3.63, 3.8) is 0 Å². The first-order valence-corrected chi connectivity index (χ1v) is 18.9. The van der Waals surface area contributed by atoms with E-state index in [1.165, 1.54) is 10.1 Å². The highest BCUT2D eigenvalue weighted by Gasteiger charge is 2.33. The van der Waals surface area contributed by atoms with Crippen molar-refractivity contribution in [2.75, 3.05) is 59.1 Å². The first-order chi connectivity index (χ1) is 18.7. The second-order valence-electron chi connectivity index (χ2n) is 9.50. The zero-order valence-corrected chi connectivity index (χ0v) is 28.6. The number of halogens is 2. The third-order valence-corrected chi connectivity index (χ3v) is 11.4. The molecule has 1 aliphatic rings. The van der Waals surface area contributed by atoms with Crippen LogP contribution >= 0.6 is 47.0 Å². The zero-order valence-electron chi connectivity index (χ0n) is 25.3. The molecule has 0 saturated heterocycles. The van der Waals surface area contributed by atoms with E-state index in [0.717, 1.165) is 106 Å². The topological polar surface area (TPSA) is 20.5 Å². The van der Waals surface area contributed by atoms with Crippen LogP contribution in [0.4, 0.5) is 8.63 Å². The molecule has 1 aromatic heterocycles. The van der Waals surface area contributed by atoms with E-state index in [4.69, 9.17) is 4.99 Å². The van der Waals surface area contributed by atoms with E-state index in [-0.39, 0.29) is 0 Å². The van der Waals surface area contributed by atoms with Gasteiger partial charge in [-0.05, 0) is 74.3 Å². The van der Waals surface area contributed by atoms with Gasteiger partial charge in [-0.25, -0.2) is 0 Å². The molecule has 1 aliphatic heterocycles. The molecule has 0 aromatic carbocycles. The van der Waals surface area contributed by atoms with Gasteiger partial charge < -0.3 is 9.38 Å². The third-order valence-electron chi connectivity index (χ3n) is 7.20. The summed E-state index contributed by atoms with van der Waals surface area (Å²) < 4.78 is 30.8. The van der Waals surface area contributed by atoms with Gasteiger partial charge >= 0.3 is 7.40 Å². The Morgan fingerprint density at radius 1 is 0.795 bits per heavy atom. The van der Waals surface area contributed by atoms with Crippen molar-refractivity contribution in [3.8, 4) is 0 Å². The molecule has 0 spiro atoms. The summed E-state index contributed by atoms with van der Waals surface area (Å²) in [5.41, 5.74) is 8.47. The van der Waals surface area contributed by atoms with E-state index in [2.05, 4.69) is 46.4 Å². The SMILES string of the molecule is CCSCCSCCN(CCSCCSCC)/C(=C1/N=C(C)C(CC)=C1C)c1c(C)c(CC)c(C)n1B(F)F. The van der Waals surface area contributed by atoms with Crippen LogP contribution in [0.3, 0.4) is 0 Å². The Labute approximate surface area is 254 Å². The van der Waals surface area contributed by atoms with Crippen molar-refractivity contribution in [2.45, 2.75) is 68.2 Å². The van der Waals surface area contributed by atoms with Crippen LogP contribution in [0.15, 0.2) is 21.8 Å². The predicted molar refractivity (Wildman–Crippen MR) is 182 cm³/mol. The average Bonchev–Trinajstić information content (AvgIpc) is 3.33. The van der Waals surface area contributed by atoms with Crippen LogP contribution in [0.2, 0.25) is 0 Å². The first kappa shape index (κ1) is 34.8. The van der Waals surface area contributed by atoms with E-state index in [0.29, 0.717) is 11.4 Å². The summed E-state index contributed by atoms with van der Waals surface area (Å²) in [7, 11) is -2.60. The molecule has 1 aromatic rings. The van der Waals surface area contributed by atoms with E-state index in [9.17, 15) is 8.63 Å². The molecule has 2 heterocycles. The van der Waals surface area contributed by atoms with Crippen molar-refractivity contribution in [3.05, 3.63) is 39.4 Å². The predicted octanol–water partition coefficient (Wildman–Crippen LogP) is 8.58. The lowest BCUT2D eigenvalue weighted by Crippen LogP contribution is -2.31. The van der Waals surface area contributed by atoms with Gasteiger partial charge in [0.25, 0.3) is 0 Å². The number of aromatic nitrogens is 1. The van der Waals surface area contributed by atoms with Crippen LogP contribution < -0.4 is 0 Å². The minimum atomic E-state index is -2.60. The molecular weight excluding hydrogens is 567 g/mol. The van der Waals surface area contributed by atoms with Crippen LogP contribution in [0.1, 0.15) is 70.5 Å². The Kier molecular flexibility index (Phi) is 16.2. The molecular formula is C29H48BF2N3S4. The number of thioether (sulfide) groups is 4. The highest BCUT2D eigenvalue weighted by atomic mass is 32.2. The van der Waals surface area contributed by atoms with Gasteiger partial charge in [-0.15, -0.1) is 0 Å². The summed E-state index contributed by atoms with van der Waals surface area (Å²) in [6.07, 6.45) is 1.63. The summed E-state index contributed by atoms with van der Waals surface area (Å²) in [4.78, 5) is 7.45. The molecule has 0 aliphatic carbocycles. The maximum absolute atomic E-state index is 14.8. The quantitative estimate of drug-likeness (QED) is 0.114. The minimum absolute atomic E-state index is 0.653. The lowest BCUT2D eigenvalue weighted by molar-refractivity contribution is 0.443. The third kappa shape index (κ3) is 9.27. The Morgan fingerprint density at radius 2 is 1.33 bits per heavy atom. The molecule has 0 radical (unpaired) electrons. The highest BCUT2D eigenvalue weighted by molar-refractivity contribution is 8.03. The average molecular weight is 616 g/mol. The van der Waals surface area contributed by atoms with Gasteiger partial charge in [0, 0.05) is 59.0 Å². The molecule has 0 amide bonds. The van der Waals surface area contributed by atoms with Crippen molar-refractivity contribution in [2.24, 2.45) is 4.99 Å². The van der Waals surface area contributed by atoms with Crippen molar-refractivity contribution >= 4 is 65.9 Å². The van der Waals surface area contributed by atoms with E-state index in [1.54, 1.807) is 0 Å². The minimum Gasteiger partial charge on any atom is -0.366 e. The lowest BCUT2D eigenvalue weighted by atomic mass is 10.00. The number of nitrogens with zero attached hydrogens (tertiary/aromatic N) is 3. The number of hydrogen-bond acceptors (Lipinski definition) is 6. The molecule has 0 unspecified atom stereocenters. The van der Waals surface area contributed by atoms with Gasteiger partial charge in [-0.1, -0.05) is 27.7 Å². The molecule has 0 N–H and O–H groups in total. The van der Waals surface area contributed by atoms with Gasteiger partial charge in [0.15, 0.2) is 0 Å². The second-order valence-corrected chi connectivity index (χ2v) is 14.7. The fourth-order valence-corrected chi connectivity index (χ4v) is 8.84. The Balaban J connectivity index is 2.61. The fourth-order valence-electron chi connectivity index (χ4n) is 5.27. The molecule has 0 saturated carbocycles. The van der Waals surface area contributed by atoms with Crippen LogP contribution in [-0.4, -0.2) is 81.6 Å². The monoisotopic (exact) mass is 615 g/mol. The van der Waals surface area contributed by atoms with Gasteiger partial charge in [0.1, 0.15) is 0 Å². The number of rotatable bonds is 19. The highest BCUT2D eigenvalue weighted by Crippen LogP contribution is 2.39. The van der Waals surface area contributed by atoms with Gasteiger partial charge in [-0.2, -0.15) is 47.0 Å². The van der Waals surface area contributed by atoms with Crippen LogP contribution in [0.25, 0.3) is 5.70 Å². The second kappa shape index (κ2) is 18.2. The Morgan fingerprint density at radius 3 is 1.77 bits per heavy atom. The lowest BCUT2D eigenvalue weighted by Gasteiger charge is -2.30. The first-order valence-electron chi connectivity index (χ1n) is 14.3. The number of hydrogen-bond donors (Lipinski definition) is 0. The van der Waals surface area contributed by atoms with Crippen molar-refractivity contribution < 1.29 is 8.63 Å². The maximum atomic E-state index is 14.8. The molecule has 220 valence electrons. The summed E-state index contributed by atoms with van der Waals surface area (Å²) in [5, 5.41) is 0. The molecule has 3 nitrogen and oxygen atoms in total. The van der Waals surface area contributed by atoms with Crippen molar-refractivity contribution in [1.29, 1.82) is 0 Å². The molecule has 0 bridgehead atoms. The van der Waals surface area contributed by atoms with Gasteiger partial charge in [0.05, 0.1) is 17.1 Å². The largest absolute Gasteiger partial charge is 0.677 e. The molecule has 39 heavy (non-hydrogen) atoms. The van der Waals surface area contributed by atoms with E-state index in [1.807, 2.05) is 60.9 Å². The fraction of sp³-hybridized carbons (Fsp3) is 0.690. The zero-order chi connectivity index (χ0) is 28.9. The number of aliphatic imine (C=N–C) groups is 1. The van der Waals surface area contributed by atoms with Gasteiger partial charge in [0.2, 0.25) is 0 Å². The summed E-state index contributed by atoms with van der Waals surface area (Å²) in [6, 6.07) is 0. The Hall–Kier alpha value is -0.445. The van der Waals surface area contributed by atoms with E-state index < -0.39 is 7.40 Å². The summed E-state index contributed by atoms with van der Waals surface area (Å²) in [5.74, 6) is 8.75. The smallest absolute Gasteiger partial charge is 0.366 e. The molecule has 0 fully saturated rings. The van der Waals surface area contributed by atoms with Crippen LogP contribution in [0, 0.1) is 13.8 Å².